The number of hydrazone groups is 1. The molecule has 0 aliphatic heterocycles. The molecule has 6 nitrogen and oxygen atoms in total. The van der Waals surface area contributed by atoms with E-state index in [0.717, 1.165) is 50.0 Å². The second-order valence-electron chi connectivity index (χ2n) is 8.69. The standard InChI is InChI=1S/C22H36N4O2/c1-6-26(20-13-10-17(2)14-23-20)25-16-19-9-7-8-18(11-12-19)15-24-21(27)28-22(3,4)5/h10,13-14,16,18-19H,6-9,11-12,15H2,1-5H3,(H,24,27)/b25-16+. The van der Waals surface area contributed by atoms with Crippen LogP contribution in [0.25, 0.3) is 0 Å². The van der Waals surface area contributed by atoms with Crippen molar-refractivity contribution in [1.29, 1.82) is 0 Å². The van der Waals surface area contributed by atoms with E-state index < -0.39 is 5.60 Å². The van der Waals surface area contributed by atoms with Gasteiger partial charge in [0.2, 0.25) is 0 Å². The Labute approximate surface area is 169 Å². The first-order valence-electron chi connectivity index (χ1n) is 10.5. The van der Waals surface area contributed by atoms with Crippen molar-refractivity contribution in [2.75, 3.05) is 18.1 Å². The first-order valence-corrected chi connectivity index (χ1v) is 10.5. The highest BCUT2D eigenvalue weighted by Gasteiger charge is 2.21. The first kappa shape index (κ1) is 22.2. The minimum absolute atomic E-state index is 0.320. The monoisotopic (exact) mass is 388 g/mol. The Bertz CT molecular complexity index is 637. The zero-order chi connectivity index (χ0) is 20.6. The van der Waals surface area contributed by atoms with Crippen LogP contribution < -0.4 is 10.3 Å². The molecule has 0 radical (unpaired) electrons. The van der Waals surface area contributed by atoms with Crippen molar-refractivity contribution in [3.8, 4) is 0 Å². The maximum Gasteiger partial charge on any atom is 0.407 e. The second kappa shape index (κ2) is 10.4. The molecule has 156 valence electrons. The molecule has 6 heteroatoms. The average molecular weight is 389 g/mol. The van der Waals surface area contributed by atoms with Gasteiger partial charge in [-0.15, -0.1) is 0 Å². The summed E-state index contributed by atoms with van der Waals surface area (Å²) in [4.78, 5) is 16.3. The zero-order valence-corrected chi connectivity index (χ0v) is 18.1. The molecule has 2 rings (SSSR count). The number of nitrogens with zero attached hydrogens (tertiary/aromatic N) is 3. The molecule has 1 aliphatic carbocycles. The summed E-state index contributed by atoms with van der Waals surface area (Å²) in [6.07, 6.45) is 9.29. The lowest BCUT2D eigenvalue weighted by molar-refractivity contribution is 0.0517. The molecule has 0 bridgehead atoms. The van der Waals surface area contributed by atoms with Crippen molar-refractivity contribution in [1.82, 2.24) is 10.3 Å². The molecule has 0 aromatic carbocycles. The van der Waals surface area contributed by atoms with Crippen LogP contribution in [0.5, 0.6) is 0 Å². The van der Waals surface area contributed by atoms with Crippen molar-refractivity contribution in [2.45, 2.75) is 72.3 Å². The molecular weight excluding hydrogens is 352 g/mol. The number of ether oxygens (including phenoxy) is 1. The fourth-order valence-electron chi connectivity index (χ4n) is 3.39. The van der Waals surface area contributed by atoms with Gasteiger partial charge in [-0.3, -0.25) is 0 Å². The SMILES string of the molecule is CCN(/N=C/C1CCCC(CNC(=O)OC(C)(C)C)CC1)c1ccc(C)cn1. The zero-order valence-electron chi connectivity index (χ0n) is 18.1. The van der Waals surface area contributed by atoms with Crippen LogP contribution in [-0.2, 0) is 4.74 Å². The molecule has 2 atom stereocenters. The van der Waals surface area contributed by atoms with Crippen molar-refractivity contribution < 1.29 is 9.53 Å². The number of carbonyl (C=O) groups is 1. The van der Waals surface area contributed by atoms with Gasteiger partial charge in [-0.1, -0.05) is 12.5 Å². The largest absolute Gasteiger partial charge is 0.444 e. The minimum atomic E-state index is -0.452. The third-order valence-corrected chi connectivity index (χ3v) is 4.94. The van der Waals surface area contributed by atoms with Crippen molar-refractivity contribution in [3.05, 3.63) is 23.9 Å². The van der Waals surface area contributed by atoms with Crippen molar-refractivity contribution >= 4 is 18.1 Å². The molecule has 28 heavy (non-hydrogen) atoms. The summed E-state index contributed by atoms with van der Waals surface area (Å²) in [5.41, 5.74) is 0.700. The van der Waals surface area contributed by atoms with Gasteiger partial charge in [-0.05, 0) is 83.8 Å². The van der Waals surface area contributed by atoms with E-state index in [1.807, 2.05) is 45.0 Å². The van der Waals surface area contributed by atoms with E-state index in [1.165, 1.54) is 0 Å². The predicted octanol–water partition coefficient (Wildman–Crippen LogP) is 4.92. The third kappa shape index (κ3) is 7.87. The van der Waals surface area contributed by atoms with Crippen LogP contribution in [0.1, 0.15) is 65.4 Å². The number of hydrogen-bond donors (Lipinski definition) is 1. The van der Waals surface area contributed by atoms with E-state index in [0.29, 0.717) is 18.4 Å². The topological polar surface area (TPSA) is 66.8 Å². The molecule has 1 saturated carbocycles. The average Bonchev–Trinajstić information content (AvgIpc) is 2.86. The molecule has 1 heterocycles. The Morgan fingerprint density at radius 2 is 2.11 bits per heavy atom. The van der Waals surface area contributed by atoms with Crippen LogP contribution in [0.4, 0.5) is 10.6 Å². The van der Waals surface area contributed by atoms with Crippen LogP contribution in [0, 0.1) is 18.8 Å². The van der Waals surface area contributed by atoms with E-state index in [2.05, 4.69) is 29.5 Å². The lowest BCUT2D eigenvalue weighted by atomic mass is 9.99. The Morgan fingerprint density at radius 3 is 2.75 bits per heavy atom. The molecule has 0 spiro atoms. The highest BCUT2D eigenvalue weighted by molar-refractivity contribution is 5.67. The number of hydrogen-bond acceptors (Lipinski definition) is 5. The number of carbonyl (C=O) groups excluding carboxylic acids is 1. The highest BCUT2D eigenvalue weighted by Crippen LogP contribution is 2.26. The molecule has 1 aromatic rings. The number of aromatic nitrogens is 1. The number of aryl methyl sites for hydroxylation is 1. The molecule has 1 aromatic heterocycles. The quantitative estimate of drug-likeness (QED) is 0.426. The maximum absolute atomic E-state index is 11.9. The summed E-state index contributed by atoms with van der Waals surface area (Å²) in [6.45, 7) is 11.3. The highest BCUT2D eigenvalue weighted by atomic mass is 16.6. The predicted molar refractivity (Wildman–Crippen MR) is 115 cm³/mol. The van der Waals surface area contributed by atoms with Crippen LogP contribution in [0.2, 0.25) is 0 Å². The minimum Gasteiger partial charge on any atom is -0.444 e. The smallest absolute Gasteiger partial charge is 0.407 e. The summed E-state index contributed by atoms with van der Waals surface area (Å²) in [5, 5.41) is 9.58. The third-order valence-electron chi connectivity index (χ3n) is 4.94. The fourth-order valence-corrected chi connectivity index (χ4v) is 3.39. The van der Waals surface area contributed by atoms with Crippen LogP contribution >= 0.6 is 0 Å². The molecule has 0 saturated heterocycles. The number of pyridine rings is 1. The van der Waals surface area contributed by atoms with E-state index in [9.17, 15) is 4.79 Å². The number of nitrogens with one attached hydrogen (secondary N) is 1. The Balaban J connectivity index is 1.81. The van der Waals surface area contributed by atoms with Gasteiger partial charge < -0.3 is 10.1 Å². The number of alkyl carbamates (subject to hydrolysis) is 1. The molecule has 1 aliphatic rings. The van der Waals surface area contributed by atoms with Gasteiger partial charge in [-0.25, -0.2) is 14.8 Å². The fraction of sp³-hybridized carbons (Fsp3) is 0.682. The van der Waals surface area contributed by atoms with Gasteiger partial charge >= 0.3 is 6.09 Å². The lowest BCUT2D eigenvalue weighted by Crippen LogP contribution is -2.35. The van der Waals surface area contributed by atoms with E-state index in [-0.39, 0.29) is 6.09 Å². The maximum atomic E-state index is 11.9. The molecule has 1 fully saturated rings. The summed E-state index contributed by atoms with van der Waals surface area (Å²) < 4.78 is 5.33. The van der Waals surface area contributed by atoms with Gasteiger partial charge in [0.25, 0.3) is 0 Å². The summed E-state index contributed by atoms with van der Waals surface area (Å²) in [7, 11) is 0. The van der Waals surface area contributed by atoms with Gasteiger partial charge in [0.1, 0.15) is 11.4 Å². The summed E-state index contributed by atoms with van der Waals surface area (Å²) in [6, 6.07) is 4.08. The molecule has 1 N–H and O–H groups in total. The molecular formula is C22H36N4O2. The van der Waals surface area contributed by atoms with Gasteiger partial charge in [0, 0.05) is 25.5 Å². The van der Waals surface area contributed by atoms with Crippen LogP contribution in [0.3, 0.4) is 0 Å². The normalized spacial score (nSPS) is 20.6. The van der Waals surface area contributed by atoms with Gasteiger partial charge in [0.15, 0.2) is 0 Å². The van der Waals surface area contributed by atoms with Crippen LogP contribution in [0.15, 0.2) is 23.4 Å². The molecule has 1 amide bonds. The van der Waals surface area contributed by atoms with Crippen molar-refractivity contribution in [3.63, 3.8) is 0 Å². The van der Waals surface area contributed by atoms with Crippen molar-refractivity contribution in [2.24, 2.45) is 16.9 Å². The summed E-state index contributed by atoms with van der Waals surface area (Å²) >= 11 is 0. The number of amides is 1. The number of rotatable bonds is 6. The van der Waals surface area contributed by atoms with Gasteiger partial charge in [0.05, 0.1) is 0 Å². The molecule has 2 unspecified atom stereocenters. The summed E-state index contributed by atoms with van der Waals surface area (Å²) in [5.74, 6) is 1.87. The Kier molecular flexibility index (Phi) is 8.27. The number of anilines is 1. The van der Waals surface area contributed by atoms with E-state index >= 15 is 0 Å². The lowest BCUT2D eigenvalue weighted by Gasteiger charge is -2.21. The van der Waals surface area contributed by atoms with E-state index in [1.54, 1.807) is 0 Å². The first-order chi connectivity index (χ1) is 13.3. The second-order valence-corrected chi connectivity index (χ2v) is 8.69. The Hall–Kier alpha value is -2.11. The van der Waals surface area contributed by atoms with E-state index in [4.69, 9.17) is 9.84 Å². The van der Waals surface area contributed by atoms with Gasteiger partial charge in [-0.2, -0.15) is 5.10 Å². The Morgan fingerprint density at radius 1 is 1.32 bits per heavy atom. The van der Waals surface area contributed by atoms with Crippen LogP contribution in [-0.4, -0.2) is 36.0 Å².